The van der Waals surface area contributed by atoms with Crippen molar-refractivity contribution < 1.29 is 4.79 Å². The second kappa shape index (κ2) is 7.17. The van der Waals surface area contributed by atoms with Crippen LogP contribution in [0.2, 0.25) is 0 Å². The number of nitrogens with two attached hydrogens (primary N) is 1. The molecule has 1 amide bonds. The molecule has 3 N–H and O–H groups in total. The van der Waals surface area contributed by atoms with Crippen molar-refractivity contribution >= 4 is 5.91 Å². The van der Waals surface area contributed by atoms with Crippen LogP contribution in [0.3, 0.4) is 0 Å². The number of benzene rings is 1. The molecule has 0 heterocycles. The minimum atomic E-state index is -0.262. The second-order valence-corrected chi connectivity index (χ2v) is 5.37. The van der Waals surface area contributed by atoms with E-state index in [4.69, 9.17) is 5.73 Å². The van der Waals surface area contributed by atoms with Gasteiger partial charge in [0.15, 0.2) is 0 Å². The quantitative estimate of drug-likeness (QED) is 0.777. The van der Waals surface area contributed by atoms with Crippen molar-refractivity contribution in [1.82, 2.24) is 5.32 Å². The van der Waals surface area contributed by atoms with Crippen LogP contribution in [0.5, 0.6) is 0 Å². The van der Waals surface area contributed by atoms with Gasteiger partial charge in [-0.05, 0) is 30.4 Å². The zero-order valence-electron chi connectivity index (χ0n) is 11.6. The Kier molecular flexibility index (Phi) is 5.86. The molecule has 0 unspecified atom stereocenters. The lowest BCUT2D eigenvalue weighted by atomic mass is 10.0. The average Bonchev–Trinajstić information content (AvgIpc) is 2.26. The minimum Gasteiger partial charge on any atom is -0.370 e. The predicted octanol–water partition coefficient (Wildman–Crippen LogP) is 2.24. The number of primary amides is 1. The molecule has 3 heteroatoms. The molecule has 0 saturated heterocycles. The van der Waals surface area contributed by atoms with Crippen molar-refractivity contribution in [1.29, 1.82) is 0 Å². The fraction of sp³-hybridized carbons (Fsp3) is 0.533. The molecule has 100 valence electrons. The maximum absolute atomic E-state index is 10.8. The molecule has 0 aliphatic carbocycles. The van der Waals surface area contributed by atoms with Gasteiger partial charge in [-0.15, -0.1) is 0 Å². The molecular weight excluding hydrogens is 224 g/mol. The van der Waals surface area contributed by atoms with Gasteiger partial charge < -0.3 is 11.1 Å². The molecule has 1 aromatic rings. The highest BCUT2D eigenvalue weighted by Crippen LogP contribution is 2.10. The summed E-state index contributed by atoms with van der Waals surface area (Å²) in [6, 6.07) is 8.76. The summed E-state index contributed by atoms with van der Waals surface area (Å²) in [6.45, 7) is 7.19. The van der Waals surface area contributed by atoms with Crippen LogP contribution >= 0.6 is 0 Å². The highest BCUT2D eigenvalue weighted by molar-refractivity contribution is 5.74. The topological polar surface area (TPSA) is 55.1 Å². The van der Waals surface area contributed by atoms with Crippen molar-refractivity contribution in [2.75, 3.05) is 0 Å². The van der Waals surface area contributed by atoms with Gasteiger partial charge in [0.05, 0.1) is 0 Å². The highest BCUT2D eigenvalue weighted by Gasteiger charge is 2.05. The number of hydrogen-bond donors (Lipinski definition) is 2. The van der Waals surface area contributed by atoms with E-state index in [0.717, 1.165) is 13.0 Å². The predicted molar refractivity (Wildman–Crippen MR) is 75.1 cm³/mol. The first kappa shape index (κ1) is 14.7. The fourth-order valence-electron chi connectivity index (χ4n) is 1.93. The zero-order chi connectivity index (χ0) is 13.5. The first-order chi connectivity index (χ1) is 8.47. The van der Waals surface area contributed by atoms with E-state index >= 15 is 0 Å². The fourth-order valence-corrected chi connectivity index (χ4v) is 1.93. The van der Waals surface area contributed by atoms with E-state index < -0.39 is 0 Å². The number of rotatable bonds is 7. The van der Waals surface area contributed by atoms with Crippen LogP contribution in [0.4, 0.5) is 0 Å². The van der Waals surface area contributed by atoms with Crippen LogP contribution in [-0.2, 0) is 17.8 Å². The van der Waals surface area contributed by atoms with E-state index in [1.165, 1.54) is 11.1 Å². The summed E-state index contributed by atoms with van der Waals surface area (Å²) in [6.07, 6.45) is 1.50. The van der Waals surface area contributed by atoms with Gasteiger partial charge in [0, 0.05) is 19.0 Å². The van der Waals surface area contributed by atoms with Gasteiger partial charge in [-0.3, -0.25) is 4.79 Å². The van der Waals surface area contributed by atoms with E-state index in [1.54, 1.807) is 0 Å². The summed E-state index contributed by atoms with van der Waals surface area (Å²) in [7, 11) is 0. The summed E-state index contributed by atoms with van der Waals surface area (Å²) >= 11 is 0. The Balaban J connectivity index is 2.41. The van der Waals surface area contributed by atoms with Gasteiger partial charge in [-0.25, -0.2) is 0 Å². The van der Waals surface area contributed by atoms with Gasteiger partial charge in [0.25, 0.3) is 0 Å². The number of hydrogen-bond acceptors (Lipinski definition) is 2. The Hall–Kier alpha value is -1.35. The molecule has 1 rings (SSSR count). The molecule has 1 aromatic carbocycles. The summed E-state index contributed by atoms with van der Waals surface area (Å²) in [4.78, 5) is 10.8. The van der Waals surface area contributed by atoms with Gasteiger partial charge in [0.1, 0.15) is 0 Å². The molecule has 18 heavy (non-hydrogen) atoms. The van der Waals surface area contributed by atoms with Crippen LogP contribution in [0.25, 0.3) is 0 Å². The van der Waals surface area contributed by atoms with Crippen molar-refractivity contribution in [3.63, 3.8) is 0 Å². The molecule has 0 saturated carbocycles. The van der Waals surface area contributed by atoms with Crippen molar-refractivity contribution in [2.24, 2.45) is 11.7 Å². The van der Waals surface area contributed by atoms with Crippen LogP contribution in [-0.4, -0.2) is 11.9 Å². The van der Waals surface area contributed by atoms with Crippen LogP contribution in [0, 0.1) is 5.92 Å². The molecule has 1 atom stereocenters. The summed E-state index contributed by atoms with van der Waals surface area (Å²) in [5, 5.41) is 3.29. The third-order valence-electron chi connectivity index (χ3n) is 2.83. The van der Waals surface area contributed by atoms with E-state index in [9.17, 15) is 4.79 Å². The van der Waals surface area contributed by atoms with E-state index in [2.05, 4.69) is 43.4 Å². The van der Waals surface area contributed by atoms with Crippen LogP contribution in [0.15, 0.2) is 24.3 Å². The molecule has 0 bridgehead atoms. The smallest absolute Gasteiger partial charge is 0.218 e. The Morgan fingerprint density at radius 1 is 1.17 bits per heavy atom. The lowest BCUT2D eigenvalue weighted by molar-refractivity contribution is -0.118. The maximum Gasteiger partial charge on any atom is 0.218 e. The average molecular weight is 248 g/mol. The number of amides is 1. The SMILES string of the molecule is CC(C)Cc1ccc(CN[C@@H](C)CC(N)=O)cc1. The maximum atomic E-state index is 10.8. The standard InChI is InChI=1S/C15H24N2O/c1-11(2)8-13-4-6-14(7-5-13)10-17-12(3)9-15(16)18/h4-7,11-12,17H,8-10H2,1-3H3,(H2,16,18)/t12-/m0/s1. The van der Waals surface area contributed by atoms with E-state index in [-0.39, 0.29) is 11.9 Å². The van der Waals surface area contributed by atoms with Gasteiger partial charge in [0.2, 0.25) is 5.91 Å². The van der Waals surface area contributed by atoms with Gasteiger partial charge in [-0.2, -0.15) is 0 Å². The number of carbonyl (C=O) groups excluding carboxylic acids is 1. The third-order valence-corrected chi connectivity index (χ3v) is 2.83. The van der Waals surface area contributed by atoms with Crippen LogP contribution in [0.1, 0.15) is 38.3 Å². The molecule has 0 aromatic heterocycles. The second-order valence-electron chi connectivity index (χ2n) is 5.37. The van der Waals surface area contributed by atoms with Crippen molar-refractivity contribution in [3.8, 4) is 0 Å². The Labute approximate surface area is 110 Å². The molecule has 3 nitrogen and oxygen atoms in total. The van der Waals surface area contributed by atoms with Gasteiger partial charge >= 0.3 is 0 Å². The lowest BCUT2D eigenvalue weighted by Crippen LogP contribution is -2.30. The normalized spacial score (nSPS) is 12.7. The molecule has 0 radical (unpaired) electrons. The molecular formula is C15H24N2O. The lowest BCUT2D eigenvalue weighted by Gasteiger charge is -2.12. The molecule has 0 aliphatic heterocycles. The zero-order valence-corrected chi connectivity index (χ0v) is 11.6. The highest BCUT2D eigenvalue weighted by atomic mass is 16.1. The number of nitrogens with one attached hydrogen (secondary N) is 1. The first-order valence-corrected chi connectivity index (χ1v) is 6.57. The van der Waals surface area contributed by atoms with Crippen molar-refractivity contribution in [3.05, 3.63) is 35.4 Å². The Bertz CT molecular complexity index is 371. The minimum absolute atomic E-state index is 0.123. The number of carbonyl (C=O) groups is 1. The molecule has 0 aliphatic rings. The summed E-state index contributed by atoms with van der Waals surface area (Å²) < 4.78 is 0. The van der Waals surface area contributed by atoms with Crippen molar-refractivity contribution in [2.45, 2.75) is 46.2 Å². The third kappa shape index (κ3) is 5.82. The summed E-state index contributed by atoms with van der Waals surface area (Å²) in [5.74, 6) is 0.423. The monoisotopic (exact) mass is 248 g/mol. The molecule has 0 fully saturated rings. The summed E-state index contributed by atoms with van der Waals surface area (Å²) in [5.41, 5.74) is 7.76. The van der Waals surface area contributed by atoms with Gasteiger partial charge in [-0.1, -0.05) is 38.1 Å². The molecule has 0 spiro atoms. The van der Waals surface area contributed by atoms with Crippen LogP contribution < -0.4 is 11.1 Å². The largest absolute Gasteiger partial charge is 0.370 e. The van der Waals surface area contributed by atoms with E-state index in [1.807, 2.05) is 6.92 Å². The van der Waals surface area contributed by atoms with E-state index in [0.29, 0.717) is 12.3 Å². The Morgan fingerprint density at radius 2 is 1.72 bits per heavy atom. The Morgan fingerprint density at radius 3 is 2.22 bits per heavy atom. The first-order valence-electron chi connectivity index (χ1n) is 6.57.